The van der Waals surface area contributed by atoms with Gasteiger partial charge in [-0.2, -0.15) is 0 Å². The highest BCUT2D eigenvalue weighted by Crippen LogP contribution is 2.16. The Kier molecular flexibility index (Phi) is 13.3. The van der Waals surface area contributed by atoms with Crippen molar-refractivity contribution >= 4 is 41.1 Å². The first kappa shape index (κ1) is 34.8. The first-order chi connectivity index (χ1) is 22.0. The van der Waals surface area contributed by atoms with Gasteiger partial charge in [-0.25, -0.2) is 0 Å². The maximum Gasteiger partial charge on any atom is 0.243 e. The molecule has 0 aromatic heterocycles. The molecule has 0 fully saturated rings. The Bertz CT molecular complexity index is 1510. The fraction of sp³-hybridized carbons (Fsp3) is 0.273. The van der Waals surface area contributed by atoms with Crippen LogP contribution in [0.1, 0.15) is 36.0 Å². The summed E-state index contributed by atoms with van der Waals surface area (Å²) in [6.07, 6.45) is 1.16. The van der Waals surface area contributed by atoms with Crippen molar-refractivity contribution in [2.45, 2.75) is 44.2 Å². The monoisotopic (exact) mass is 627 g/mol. The molecule has 0 aliphatic heterocycles. The smallest absolute Gasteiger partial charge is 0.243 e. The summed E-state index contributed by atoms with van der Waals surface area (Å²) >= 11 is 0. The molecule has 0 saturated heterocycles. The SMILES string of the molecule is N=C(N)c1ccc(CC(C(=O)Nc2ccccc2)C(=O)NC(CCc2ccccc2)C(=O)N[C@@H](CCCN=C(N)N)C(N)=O)cc1. The minimum absolute atomic E-state index is 0.00438. The predicted octanol–water partition coefficient (Wildman–Crippen LogP) is 0.909. The number of amides is 4. The van der Waals surface area contributed by atoms with E-state index < -0.39 is 41.6 Å². The number of nitrogens with zero attached hydrogens (tertiary/aromatic N) is 1. The molecule has 3 atom stereocenters. The number of nitrogens with one attached hydrogen (secondary N) is 4. The Morgan fingerprint density at radius 2 is 1.30 bits per heavy atom. The van der Waals surface area contributed by atoms with E-state index in [1.54, 1.807) is 54.6 Å². The van der Waals surface area contributed by atoms with Crippen LogP contribution in [0.2, 0.25) is 0 Å². The zero-order valence-electron chi connectivity index (χ0n) is 25.4. The van der Waals surface area contributed by atoms with Gasteiger partial charge in [-0.05, 0) is 55.4 Å². The molecule has 46 heavy (non-hydrogen) atoms. The summed E-state index contributed by atoms with van der Waals surface area (Å²) in [5.74, 6) is -4.06. The highest BCUT2D eigenvalue weighted by atomic mass is 16.2. The zero-order chi connectivity index (χ0) is 33.5. The third kappa shape index (κ3) is 11.4. The first-order valence-corrected chi connectivity index (χ1v) is 14.8. The van der Waals surface area contributed by atoms with Gasteiger partial charge in [-0.3, -0.25) is 29.6 Å². The number of hydrogen-bond donors (Lipinski definition) is 8. The van der Waals surface area contributed by atoms with E-state index in [9.17, 15) is 19.2 Å². The molecular formula is C33H41N9O4. The van der Waals surface area contributed by atoms with Gasteiger partial charge in [0, 0.05) is 17.8 Å². The number of anilines is 1. The summed E-state index contributed by atoms with van der Waals surface area (Å²) < 4.78 is 0. The van der Waals surface area contributed by atoms with Gasteiger partial charge in [0.05, 0.1) is 0 Å². The number of carbonyl (C=O) groups excluding carboxylic acids is 4. The molecular weight excluding hydrogens is 586 g/mol. The van der Waals surface area contributed by atoms with Gasteiger partial charge in [-0.1, -0.05) is 72.8 Å². The molecule has 0 saturated carbocycles. The normalized spacial score (nSPS) is 12.5. The lowest BCUT2D eigenvalue weighted by molar-refractivity contribution is -0.136. The number of nitrogen functional groups attached to an aromatic ring is 1. The molecule has 3 aromatic rings. The molecule has 2 unspecified atom stereocenters. The maximum absolute atomic E-state index is 13.8. The van der Waals surface area contributed by atoms with E-state index in [2.05, 4.69) is 20.9 Å². The van der Waals surface area contributed by atoms with Crippen LogP contribution >= 0.6 is 0 Å². The number of nitrogens with two attached hydrogens (primary N) is 4. The average Bonchev–Trinajstić information content (AvgIpc) is 3.03. The Morgan fingerprint density at radius 3 is 1.89 bits per heavy atom. The molecule has 13 nitrogen and oxygen atoms in total. The van der Waals surface area contributed by atoms with E-state index in [0.29, 0.717) is 29.7 Å². The van der Waals surface area contributed by atoms with E-state index >= 15 is 0 Å². The van der Waals surface area contributed by atoms with Crippen molar-refractivity contribution in [1.82, 2.24) is 10.6 Å². The second kappa shape index (κ2) is 17.5. The van der Waals surface area contributed by atoms with Crippen molar-refractivity contribution in [3.63, 3.8) is 0 Å². The van der Waals surface area contributed by atoms with Crippen LogP contribution in [0.15, 0.2) is 89.9 Å². The summed E-state index contributed by atoms with van der Waals surface area (Å²) in [5.41, 5.74) is 24.4. The fourth-order valence-corrected chi connectivity index (χ4v) is 4.67. The van der Waals surface area contributed by atoms with Gasteiger partial charge >= 0.3 is 0 Å². The van der Waals surface area contributed by atoms with Crippen molar-refractivity contribution in [2.75, 3.05) is 11.9 Å². The molecule has 4 amide bonds. The Labute approximate surface area is 267 Å². The number of aliphatic imine (C=N–C) groups is 1. The first-order valence-electron chi connectivity index (χ1n) is 14.8. The van der Waals surface area contributed by atoms with Crippen LogP contribution in [0.3, 0.4) is 0 Å². The maximum atomic E-state index is 13.8. The number of para-hydroxylation sites is 1. The third-order valence-electron chi connectivity index (χ3n) is 7.18. The standard InChI is InChI=1S/C33H41N9O4/c34-28(35)23-16-13-22(14-17-23)20-25(30(44)40-24-10-5-2-6-11-24)31(45)42-27(18-15-21-8-3-1-4-9-21)32(46)41-26(29(36)43)12-7-19-39-33(37)38/h1-6,8-11,13-14,16-17,25-27H,7,12,15,18-20H2,(H3,34,35)(H2,36,43)(H,40,44)(H,41,46)(H,42,45)(H4,37,38,39)/t25?,26-,27?/m0/s1. The van der Waals surface area contributed by atoms with Crippen LogP contribution in [-0.4, -0.2) is 54.1 Å². The van der Waals surface area contributed by atoms with E-state index in [-0.39, 0.29) is 37.6 Å². The largest absolute Gasteiger partial charge is 0.384 e. The lowest BCUT2D eigenvalue weighted by Crippen LogP contribution is -2.54. The molecule has 13 heteroatoms. The topological polar surface area (TPSA) is 245 Å². The molecule has 0 spiro atoms. The van der Waals surface area contributed by atoms with Crippen LogP contribution < -0.4 is 38.9 Å². The van der Waals surface area contributed by atoms with Crippen molar-refractivity contribution in [3.05, 3.63) is 102 Å². The van der Waals surface area contributed by atoms with E-state index in [0.717, 1.165) is 5.56 Å². The molecule has 3 rings (SSSR count). The molecule has 0 bridgehead atoms. The minimum Gasteiger partial charge on any atom is -0.384 e. The summed E-state index contributed by atoms with van der Waals surface area (Å²) in [7, 11) is 0. The lowest BCUT2D eigenvalue weighted by atomic mass is 9.95. The van der Waals surface area contributed by atoms with Crippen LogP contribution in [0.4, 0.5) is 5.69 Å². The lowest BCUT2D eigenvalue weighted by Gasteiger charge is -2.24. The Hall–Kier alpha value is -5.72. The summed E-state index contributed by atoms with van der Waals surface area (Å²) in [6, 6.07) is 22.6. The van der Waals surface area contributed by atoms with Gasteiger partial charge in [0.25, 0.3) is 0 Å². The quantitative estimate of drug-likeness (QED) is 0.0465. The number of guanidine groups is 1. The molecule has 0 aliphatic rings. The summed E-state index contributed by atoms with van der Waals surface area (Å²) in [6.45, 7) is 0.238. The molecule has 0 aliphatic carbocycles. The third-order valence-corrected chi connectivity index (χ3v) is 7.18. The van der Waals surface area contributed by atoms with Gasteiger partial charge in [0.1, 0.15) is 23.8 Å². The second-order valence-electron chi connectivity index (χ2n) is 10.7. The van der Waals surface area contributed by atoms with Crippen molar-refractivity contribution in [3.8, 4) is 0 Å². The Balaban J connectivity index is 1.84. The number of amidine groups is 1. The number of hydrogen-bond acceptors (Lipinski definition) is 6. The van der Waals surface area contributed by atoms with Crippen LogP contribution in [-0.2, 0) is 32.0 Å². The van der Waals surface area contributed by atoms with E-state index in [1.165, 1.54) is 0 Å². The number of aryl methyl sites for hydroxylation is 1. The van der Waals surface area contributed by atoms with Gasteiger partial charge in [-0.15, -0.1) is 0 Å². The van der Waals surface area contributed by atoms with Crippen LogP contribution in [0.5, 0.6) is 0 Å². The number of rotatable bonds is 17. The fourth-order valence-electron chi connectivity index (χ4n) is 4.67. The van der Waals surface area contributed by atoms with Crippen LogP contribution in [0, 0.1) is 11.3 Å². The number of primary amides is 1. The van der Waals surface area contributed by atoms with Crippen molar-refractivity contribution in [1.29, 1.82) is 5.41 Å². The second-order valence-corrected chi connectivity index (χ2v) is 10.7. The van der Waals surface area contributed by atoms with Crippen molar-refractivity contribution in [2.24, 2.45) is 33.8 Å². The molecule has 12 N–H and O–H groups in total. The predicted molar refractivity (Wildman–Crippen MR) is 177 cm³/mol. The average molecular weight is 628 g/mol. The highest BCUT2D eigenvalue weighted by molar-refractivity contribution is 6.07. The number of benzene rings is 3. The summed E-state index contributed by atoms with van der Waals surface area (Å²) in [4.78, 5) is 57.0. The van der Waals surface area contributed by atoms with Gasteiger partial charge in [0.15, 0.2) is 5.96 Å². The number of carbonyl (C=O) groups is 4. The molecule has 0 heterocycles. The van der Waals surface area contributed by atoms with Gasteiger partial charge < -0.3 is 38.9 Å². The van der Waals surface area contributed by atoms with Crippen LogP contribution in [0.25, 0.3) is 0 Å². The minimum atomic E-state index is -1.23. The van der Waals surface area contributed by atoms with E-state index in [1.807, 2.05) is 30.3 Å². The zero-order valence-corrected chi connectivity index (χ0v) is 25.4. The molecule has 0 radical (unpaired) electrons. The highest BCUT2D eigenvalue weighted by Gasteiger charge is 2.32. The molecule has 3 aromatic carbocycles. The van der Waals surface area contributed by atoms with Crippen molar-refractivity contribution < 1.29 is 19.2 Å². The summed E-state index contributed by atoms with van der Waals surface area (Å²) in [5, 5.41) is 15.8. The van der Waals surface area contributed by atoms with E-state index in [4.69, 9.17) is 28.3 Å². The Morgan fingerprint density at radius 1 is 0.696 bits per heavy atom. The van der Waals surface area contributed by atoms with Gasteiger partial charge in [0.2, 0.25) is 23.6 Å². The molecule has 242 valence electrons.